The number of nitriles is 1. The van der Waals surface area contributed by atoms with Gasteiger partial charge in [0, 0.05) is 17.1 Å². The predicted molar refractivity (Wildman–Crippen MR) is 57.7 cm³/mol. The van der Waals surface area contributed by atoms with Crippen molar-refractivity contribution in [1.29, 1.82) is 5.26 Å². The first-order valence-corrected chi connectivity index (χ1v) is 5.87. The number of hydrogen-bond acceptors (Lipinski definition) is 4. The second kappa shape index (κ2) is 3.12. The van der Waals surface area contributed by atoms with E-state index in [0.717, 1.165) is 22.8 Å². The maximum Gasteiger partial charge on any atom is 0.174 e. The maximum atomic E-state index is 8.87. The molecule has 0 saturated heterocycles. The maximum absolute atomic E-state index is 8.87. The second-order valence-corrected chi connectivity index (χ2v) is 4.57. The summed E-state index contributed by atoms with van der Waals surface area (Å²) in [7, 11) is 0. The van der Waals surface area contributed by atoms with Crippen LogP contribution >= 0.6 is 23.4 Å². The highest BCUT2D eigenvalue weighted by Gasteiger charge is 2.21. The minimum atomic E-state index is 0.469. The van der Waals surface area contributed by atoms with E-state index in [1.807, 2.05) is 0 Å². The van der Waals surface area contributed by atoms with E-state index in [2.05, 4.69) is 16.2 Å². The van der Waals surface area contributed by atoms with E-state index in [1.165, 1.54) is 10.7 Å². The summed E-state index contributed by atoms with van der Waals surface area (Å²) in [4.78, 5) is 4.42. The van der Waals surface area contributed by atoms with E-state index in [9.17, 15) is 0 Å². The van der Waals surface area contributed by atoms with Gasteiger partial charge in [0.2, 0.25) is 0 Å². The molecule has 4 nitrogen and oxygen atoms in total. The van der Waals surface area contributed by atoms with E-state index in [-0.39, 0.29) is 0 Å². The molecule has 0 radical (unpaired) electrons. The number of fused-ring (bicyclic) bond motifs is 2. The Kier molecular flexibility index (Phi) is 1.87. The Hall–Kier alpha value is -1.25. The molecule has 0 saturated carbocycles. The zero-order chi connectivity index (χ0) is 10.4. The Morgan fingerprint density at radius 2 is 2.40 bits per heavy atom. The monoisotopic (exact) mass is 236 g/mol. The van der Waals surface area contributed by atoms with Crippen molar-refractivity contribution >= 4 is 29.0 Å². The molecule has 1 aliphatic heterocycles. The molecule has 2 aromatic heterocycles. The van der Waals surface area contributed by atoms with Gasteiger partial charge in [0.25, 0.3) is 0 Å². The van der Waals surface area contributed by atoms with Gasteiger partial charge in [-0.1, -0.05) is 11.6 Å². The molecule has 3 rings (SSSR count). The van der Waals surface area contributed by atoms with E-state index in [0.29, 0.717) is 16.4 Å². The van der Waals surface area contributed by atoms with Crippen LogP contribution in [0.5, 0.6) is 0 Å². The van der Waals surface area contributed by atoms with Crippen LogP contribution in [-0.2, 0) is 11.5 Å². The van der Waals surface area contributed by atoms with Crippen LogP contribution in [0.1, 0.15) is 16.8 Å². The number of nitrogens with zero attached hydrogens (tertiary/aromatic N) is 4. The van der Waals surface area contributed by atoms with Crippen molar-refractivity contribution in [3.63, 3.8) is 0 Å². The molecule has 0 atom stereocenters. The van der Waals surface area contributed by atoms with Crippen molar-refractivity contribution in [2.45, 2.75) is 11.5 Å². The lowest BCUT2D eigenvalue weighted by Gasteiger charge is -2.02. The lowest BCUT2D eigenvalue weighted by Crippen LogP contribution is -1.99. The summed E-state index contributed by atoms with van der Waals surface area (Å²) < 4.78 is 1.53. The lowest BCUT2D eigenvalue weighted by atomic mass is 10.2. The molecule has 0 unspecified atom stereocenters. The third-order valence-electron chi connectivity index (χ3n) is 2.37. The first-order valence-electron chi connectivity index (χ1n) is 4.34. The van der Waals surface area contributed by atoms with Gasteiger partial charge in [-0.25, -0.2) is 9.50 Å². The zero-order valence-corrected chi connectivity index (χ0v) is 9.14. The standard InChI is InChI=1S/C9H5ClN4S/c10-8-6-3-15-4-7(6)13-9-5(1-11)2-12-14(8)9/h2H,3-4H2. The van der Waals surface area contributed by atoms with E-state index < -0.39 is 0 Å². The van der Waals surface area contributed by atoms with Gasteiger partial charge in [-0.2, -0.15) is 22.1 Å². The molecule has 0 amide bonds. The van der Waals surface area contributed by atoms with Crippen LogP contribution in [-0.4, -0.2) is 14.6 Å². The number of halogens is 1. The minimum absolute atomic E-state index is 0.469. The van der Waals surface area contributed by atoms with Crippen molar-refractivity contribution in [1.82, 2.24) is 14.6 Å². The van der Waals surface area contributed by atoms with Crippen LogP contribution in [0, 0.1) is 11.3 Å². The first-order chi connectivity index (χ1) is 7.31. The highest BCUT2D eigenvalue weighted by atomic mass is 35.5. The van der Waals surface area contributed by atoms with Gasteiger partial charge in [-0.05, 0) is 0 Å². The lowest BCUT2D eigenvalue weighted by molar-refractivity contribution is 0.917. The van der Waals surface area contributed by atoms with Crippen LogP contribution in [0.4, 0.5) is 0 Å². The third-order valence-corrected chi connectivity index (χ3v) is 3.73. The first kappa shape index (κ1) is 9.01. The Morgan fingerprint density at radius 3 is 3.20 bits per heavy atom. The van der Waals surface area contributed by atoms with Crippen LogP contribution in [0.15, 0.2) is 6.20 Å². The molecular weight excluding hydrogens is 232 g/mol. The summed E-state index contributed by atoms with van der Waals surface area (Å²) in [6.45, 7) is 0. The Labute approximate surface area is 94.9 Å². The van der Waals surface area contributed by atoms with Gasteiger partial charge < -0.3 is 0 Å². The summed E-state index contributed by atoms with van der Waals surface area (Å²) in [5, 5.41) is 13.5. The smallest absolute Gasteiger partial charge is 0.174 e. The summed E-state index contributed by atoms with van der Waals surface area (Å²) in [6.07, 6.45) is 1.50. The zero-order valence-electron chi connectivity index (χ0n) is 7.57. The van der Waals surface area contributed by atoms with Crippen molar-refractivity contribution in [3.8, 4) is 6.07 Å². The fourth-order valence-corrected chi connectivity index (χ4v) is 3.05. The Morgan fingerprint density at radius 1 is 1.53 bits per heavy atom. The van der Waals surface area contributed by atoms with Gasteiger partial charge >= 0.3 is 0 Å². The highest BCUT2D eigenvalue weighted by Crippen LogP contribution is 2.34. The average molecular weight is 237 g/mol. The van der Waals surface area contributed by atoms with Crippen LogP contribution in [0.2, 0.25) is 5.15 Å². The van der Waals surface area contributed by atoms with E-state index in [4.69, 9.17) is 16.9 Å². The molecule has 15 heavy (non-hydrogen) atoms. The Bertz CT molecular complexity index is 598. The van der Waals surface area contributed by atoms with Crippen molar-refractivity contribution in [2.75, 3.05) is 0 Å². The highest BCUT2D eigenvalue weighted by molar-refractivity contribution is 7.98. The molecule has 0 spiro atoms. The average Bonchev–Trinajstić information content (AvgIpc) is 2.83. The van der Waals surface area contributed by atoms with Crippen LogP contribution in [0.3, 0.4) is 0 Å². The predicted octanol–water partition coefficient (Wildman–Crippen LogP) is 2.00. The van der Waals surface area contributed by atoms with Gasteiger partial charge in [0.15, 0.2) is 5.65 Å². The summed E-state index contributed by atoms with van der Waals surface area (Å²) in [5.41, 5.74) is 3.05. The van der Waals surface area contributed by atoms with Crippen molar-refractivity contribution in [3.05, 3.63) is 28.2 Å². The minimum Gasteiger partial charge on any atom is -0.231 e. The summed E-state index contributed by atoms with van der Waals surface area (Å²) in [5.74, 6) is 1.74. The SMILES string of the molecule is N#Cc1cnn2c(Cl)c3c(nc12)CSC3. The summed E-state index contributed by atoms with van der Waals surface area (Å²) in [6, 6.07) is 2.06. The van der Waals surface area contributed by atoms with Crippen molar-refractivity contribution < 1.29 is 0 Å². The Balaban J connectivity index is 2.44. The second-order valence-electron chi connectivity index (χ2n) is 3.23. The molecule has 0 aromatic carbocycles. The van der Waals surface area contributed by atoms with E-state index in [1.54, 1.807) is 11.8 Å². The van der Waals surface area contributed by atoms with Crippen molar-refractivity contribution in [2.24, 2.45) is 0 Å². The number of aromatic nitrogens is 3. The molecule has 6 heteroatoms. The third kappa shape index (κ3) is 1.15. The van der Waals surface area contributed by atoms with Gasteiger partial charge in [-0.15, -0.1) is 0 Å². The molecule has 0 aliphatic carbocycles. The largest absolute Gasteiger partial charge is 0.231 e. The molecule has 2 aromatic rings. The fraction of sp³-hybridized carbons (Fsp3) is 0.222. The van der Waals surface area contributed by atoms with Crippen LogP contribution < -0.4 is 0 Å². The van der Waals surface area contributed by atoms with E-state index >= 15 is 0 Å². The van der Waals surface area contributed by atoms with Gasteiger partial charge in [0.05, 0.1) is 11.9 Å². The fourth-order valence-electron chi connectivity index (χ4n) is 1.63. The summed E-state index contributed by atoms with van der Waals surface area (Å²) >= 11 is 7.97. The molecule has 0 N–H and O–H groups in total. The molecule has 0 fully saturated rings. The molecule has 74 valence electrons. The molecular formula is C9H5ClN4S. The van der Waals surface area contributed by atoms with Crippen LogP contribution in [0.25, 0.3) is 5.65 Å². The topological polar surface area (TPSA) is 54.0 Å². The molecule has 3 heterocycles. The molecule has 1 aliphatic rings. The van der Waals surface area contributed by atoms with Gasteiger partial charge in [-0.3, -0.25) is 0 Å². The normalized spacial score (nSPS) is 14.1. The quantitative estimate of drug-likeness (QED) is 0.657. The number of rotatable bonds is 0. The van der Waals surface area contributed by atoms with Gasteiger partial charge in [0.1, 0.15) is 16.8 Å². The molecule has 0 bridgehead atoms. The number of thioether (sulfide) groups is 1. The number of hydrogen-bond donors (Lipinski definition) is 0.